The molecule has 0 saturated carbocycles. The van der Waals surface area contributed by atoms with Crippen LogP contribution in [0.25, 0.3) is 10.8 Å². The molecule has 23 heavy (non-hydrogen) atoms. The second-order valence-electron chi connectivity index (χ2n) is 5.98. The van der Waals surface area contributed by atoms with Crippen molar-refractivity contribution < 1.29 is 4.79 Å². The van der Waals surface area contributed by atoms with Gasteiger partial charge >= 0.3 is 0 Å². The molecule has 0 bridgehead atoms. The summed E-state index contributed by atoms with van der Waals surface area (Å²) in [6.45, 7) is 5.43. The molecule has 6 heteroatoms. The number of benzene rings is 1. The molecular weight excluding hydrogens is 292 g/mol. The Hall–Kier alpha value is -2.21. The van der Waals surface area contributed by atoms with E-state index in [-0.39, 0.29) is 11.5 Å². The Balaban J connectivity index is 1.91. The lowest BCUT2D eigenvalue weighted by Gasteiger charge is -2.16. The predicted octanol–water partition coefficient (Wildman–Crippen LogP) is 1.13. The van der Waals surface area contributed by atoms with Gasteiger partial charge in [-0.05, 0) is 32.0 Å². The Kier molecular flexibility index (Phi) is 4.71. The lowest BCUT2D eigenvalue weighted by Crippen LogP contribution is -2.32. The van der Waals surface area contributed by atoms with E-state index >= 15 is 0 Å². The van der Waals surface area contributed by atoms with Gasteiger partial charge < -0.3 is 10.2 Å². The molecule has 122 valence electrons. The largest absolute Gasteiger partial charge is 0.351 e. The highest BCUT2D eigenvalue weighted by Crippen LogP contribution is 2.13. The number of amides is 1. The van der Waals surface area contributed by atoms with Crippen LogP contribution >= 0.6 is 0 Å². The summed E-state index contributed by atoms with van der Waals surface area (Å²) in [7, 11) is 0. The summed E-state index contributed by atoms with van der Waals surface area (Å²) in [5, 5.41) is 8.73. The molecular formula is C17H22N4O2. The van der Waals surface area contributed by atoms with Gasteiger partial charge in [0.05, 0.1) is 24.2 Å². The molecule has 1 saturated heterocycles. The van der Waals surface area contributed by atoms with Crippen LogP contribution in [0, 0.1) is 0 Å². The molecule has 1 aliphatic heterocycles. The molecule has 1 aromatic heterocycles. The summed E-state index contributed by atoms with van der Waals surface area (Å²) in [5.74, 6) is -0.106. The fourth-order valence-corrected chi connectivity index (χ4v) is 3.04. The number of likely N-dealkylation sites (tertiary alicyclic amines) is 1. The maximum atomic E-state index is 12.6. The predicted molar refractivity (Wildman–Crippen MR) is 89.2 cm³/mol. The van der Waals surface area contributed by atoms with Crippen molar-refractivity contribution in [2.45, 2.75) is 32.9 Å². The van der Waals surface area contributed by atoms with E-state index < -0.39 is 0 Å². The van der Waals surface area contributed by atoms with Crippen molar-refractivity contribution in [1.29, 1.82) is 0 Å². The maximum Gasteiger partial charge on any atom is 0.274 e. The van der Waals surface area contributed by atoms with E-state index in [1.54, 1.807) is 0 Å². The average Bonchev–Trinajstić information content (AvgIpc) is 3.06. The van der Waals surface area contributed by atoms with Gasteiger partial charge in [0, 0.05) is 18.9 Å². The molecule has 2 aromatic rings. The molecule has 1 N–H and O–H groups in total. The molecule has 0 aliphatic carbocycles. The smallest absolute Gasteiger partial charge is 0.274 e. The van der Waals surface area contributed by atoms with Crippen molar-refractivity contribution in [2.24, 2.45) is 0 Å². The summed E-state index contributed by atoms with van der Waals surface area (Å²) < 4.78 is 1.54. The molecule has 0 unspecified atom stereocenters. The van der Waals surface area contributed by atoms with E-state index in [1.165, 1.54) is 24.4 Å². The second kappa shape index (κ2) is 6.91. The van der Waals surface area contributed by atoms with Crippen LogP contribution in [0.5, 0.6) is 0 Å². The van der Waals surface area contributed by atoms with Gasteiger partial charge in [-0.1, -0.05) is 18.2 Å². The minimum Gasteiger partial charge on any atom is -0.351 e. The first kappa shape index (κ1) is 15.7. The highest BCUT2D eigenvalue weighted by Gasteiger charge is 2.14. The van der Waals surface area contributed by atoms with E-state index in [1.807, 2.05) is 24.3 Å². The van der Waals surface area contributed by atoms with Crippen molar-refractivity contribution >= 4 is 16.7 Å². The van der Waals surface area contributed by atoms with Crippen LogP contribution < -0.4 is 10.9 Å². The molecule has 0 spiro atoms. The summed E-state index contributed by atoms with van der Waals surface area (Å²) >= 11 is 0. The van der Waals surface area contributed by atoms with Crippen LogP contribution in [0.2, 0.25) is 0 Å². The number of aromatic nitrogens is 2. The van der Waals surface area contributed by atoms with Crippen molar-refractivity contribution in [3.63, 3.8) is 0 Å². The van der Waals surface area contributed by atoms with E-state index in [0.29, 0.717) is 18.5 Å². The van der Waals surface area contributed by atoms with Crippen LogP contribution in [0.15, 0.2) is 29.1 Å². The third-order valence-corrected chi connectivity index (χ3v) is 4.28. The number of nitrogens with zero attached hydrogens (tertiary/aromatic N) is 3. The van der Waals surface area contributed by atoms with Gasteiger partial charge in [-0.15, -0.1) is 0 Å². The van der Waals surface area contributed by atoms with Gasteiger partial charge in [0.1, 0.15) is 0 Å². The molecule has 1 amide bonds. The number of hydrogen-bond donors (Lipinski definition) is 1. The van der Waals surface area contributed by atoms with Crippen LogP contribution in [0.3, 0.4) is 0 Å². The van der Waals surface area contributed by atoms with E-state index in [0.717, 1.165) is 30.7 Å². The maximum absolute atomic E-state index is 12.6. The third-order valence-electron chi connectivity index (χ3n) is 4.28. The van der Waals surface area contributed by atoms with Crippen molar-refractivity contribution in [1.82, 2.24) is 20.0 Å². The van der Waals surface area contributed by atoms with Gasteiger partial charge in [0.15, 0.2) is 0 Å². The molecule has 1 fully saturated rings. The first-order chi connectivity index (χ1) is 11.1. The van der Waals surface area contributed by atoms with Crippen molar-refractivity contribution in [3.8, 4) is 0 Å². The van der Waals surface area contributed by atoms with Crippen molar-refractivity contribution in [3.05, 3.63) is 40.3 Å². The molecule has 0 radical (unpaired) electrons. The molecule has 1 aliphatic rings. The van der Waals surface area contributed by atoms with Crippen LogP contribution in [-0.2, 0) is 17.9 Å². The average molecular weight is 314 g/mol. The Morgan fingerprint density at radius 1 is 1.17 bits per heavy atom. The summed E-state index contributed by atoms with van der Waals surface area (Å²) in [6.07, 6.45) is 2.46. The lowest BCUT2D eigenvalue weighted by molar-refractivity contribution is -0.119. The number of nitrogens with one attached hydrogen (secondary N) is 1. The molecule has 3 rings (SSSR count). The second-order valence-corrected chi connectivity index (χ2v) is 5.98. The van der Waals surface area contributed by atoms with Gasteiger partial charge in [-0.3, -0.25) is 9.59 Å². The van der Waals surface area contributed by atoms with Crippen LogP contribution in [0.4, 0.5) is 0 Å². The Labute approximate surface area is 135 Å². The zero-order valence-electron chi connectivity index (χ0n) is 13.4. The zero-order chi connectivity index (χ0) is 16.2. The summed E-state index contributed by atoms with van der Waals surface area (Å²) in [4.78, 5) is 26.2. The Bertz CT molecular complexity index is 763. The topological polar surface area (TPSA) is 67.2 Å². The molecule has 0 atom stereocenters. The number of rotatable bonds is 5. The first-order valence-electron chi connectivity index (χ1n) is 8.10. The zero-order valence-corrected chi connectivity index (χ0v) is 13.4. The van der Waals surface area contributed by atoms with E-state index in [9.17, 15) is 9.59 Å². The monoisotopic (exact) mass is 314 g/mol. The normalized spacial score (nSPS) is 15.2. The highest BCUT2D eigenvalue weighted by atomic mass is 16.1. The molecule has 1 aromatic carbocycles. The number of carbonyl (C=O) groups excluding carboxylic acids is 1. The summed E-state index contributed by atoms with van der Waals surface area (Å²) in [5.41, 5.74) is 0.670. The van der Waals surface area contributed by atoms with Gasteiger partial charge in [-0.2, -0.15) is 5.10 Å². The van der Waals surface area contributed by atoms with E-state index in [4.69, 9.17) is 0 Å². The fourth-order valence-electron chi connectivity index (χ4n) is 3.04. The van der Waals surface area contributed by atoms with E-state index in [2.05, 4.69) is 15.3 Å². The number of hydrogen-bond acceptors (Lipinski definition) is 4. The first-order valence-corrected chi connectivity index (χ1v) is 8.10. The Morgan fingerprint density at radius 3 is 2.57 bits per heavy atom. The number of fused-ring (bicyclic) bond motifs is 1. The third kappa shape index (κ3) is 3.59. The Morgan fingerprint density at radius 2 is 1.87 bits per heavy atom. The minimum absolute atomic E-state index is 0.0635. The fraction of sp³-hybridized carbons (Fsp3) is 0.471. The van der Waals surface area contributed by atoms with Crippen molar-refractivity contribution in [2.75, 3.05) is 19.6 Å². The minimum atomic E-state index is -0.106. The van der Waals surface area contributed by atoms with Gasteiger partial charge in [0.2, 0.25) is 5.91 Å². The molecule has 6 nitrogen and oxygen atoms in total. The SMILES string of the molecule is CC(=O)NCc1nn(CCN2CCCC2)c(=O)c2ccccc12. The van der Waals surface area contributed by atoms with Gasteiger partial charge in [-0.25, -0.2) is 4.68 Å². The van der Waals surface area contributed by atoms with Crippen LogP contribution in [-0.4, -0.2) is 40.2 Å². The number of carbonyl (C=O) groups is 1. The molecule has 2 heterocycles. The highest BCUT2D eigenvalue weighted by molar-refractivity contribution is 5.84. The standard InChI is InChI=1S/C17H22N4O2/c1-13(22)18-12-16-14-6-2-3-7-15(14)17(23)21(19-16)11-10-20-8-4-5-9-20/h2-3,6-7H,4-5,8-12H2,1H3,(H,18,22). The van der Waals surface area contributed by atoms with Gasteiger partial charge in [0.25, 0.3) is 5.56 Å². The quantitative estimate of drug-likeness (QED) is 0.898. The lowest BCUT2D eigenvalue weighted by atomic mass is 10.1. The van der Waals surface area contributed by atoms with Crippen LogP contribution in [0.1, 0.15) is 25.5 Å². The summed E-state index contributed by atoms with van der Waals surface area (Å²) in [6, 6.07) is 7.45.